The Hall–Kier alpha value is -2.15. The normalized spacial score (nSPS) is 11.0. The molecule has 0 spiro atoms. The lowest BCUT2D eigenvalue weighted by atomic mass is 10.2. The smallest absolute Gasteiger partial charge is 0.151 e. The third-order valence-electron chi connectivity index (χ3n) is 3.78. The Morgan fingerprint density at radius 3 is 2.67 bits per heavy atom. The van der Waals surface area contributed by atoms with Crippen molar-refractivity contribution in [3.63, 3.8) is 0 Å². The summed E-state index contributed by atoms with van der Waals surface area (Å²) in [6.45, 7) is 12.2. The number of fused-ring (bicyclic) bond motifs is 1. The monoisotopic (exact) mass is 333 g/mol. The molecule has 2 N–H and O–H groups in total. The number of anilines is 1. The molecule has 0 unspecified atom stereocenters. The molecule has 0 aliphatic rings. The van der Waals surface area contributed by atoms with Crippen molar-refractivity contribution in [2.24, 2.45) is 5.16 Å². The second-order valence-corrected chi connectivity index (χ2v) is 5.95. The number of ether oxygens (including phenoxy) is 1. The van der Waals surface area contributed by atoms with Crippen molar-refractivity contribution in [1.82, 2.24) is 14.5 Å². The van der Waals surface area contributed by atoms with E-state index < -0.39 is 0 Å². The first-order chi connectivity index (χ1) is 11.5. The van der Waals surface area contributed by atoms with Crippen LogP contribution >= 0.6 is 0 Å². The molecule has 2 heterocycles. The van der Waals surface area contributed by atoms with Crippen LogP contribution in [0.25, 0.3) is 11.0 Å². The van der Waals surface area contributed by atoms with E-state index in [1.807, 2.05) is 34.6 Å². The molecule has 2 aromatic rings. The molecule has 0 aliphatic carbocycles. The quantitative estimate of drug-likeness (QED) is 0.456. The number of hydrogen-bond donors (Lipinski definition) is 1. The maximum absolute atomic E-state index is 6.08. The van der Waals surface area contributed by atoms with Gasteiger partial charge in [0, 0.05) is 25.3 Å². The molecule has 0 amide bonds. The van der Waals surface area contributed by atoms with Crippen LogP contribution in [0.15, 0.2) is 5.16 Å². The van der Waals surface area contributed by atoms with Gasteiger partial charge >= 0.3 is 0 Å². The Morgan fingerprint density at radius 1 is 1.25 bits per heavy atom. The topological polar surface area (TPSA) is 87.6 Å². The minimum Gasteiger partial charge on any atom is -0.396 e. The molecule has 7 heteroatoms. The van der Waals surface area contributed by atoms with Crippen LogP contribution < -0.4 is 5.73 Å². The number of aromatic nitrogens is 3. The van der Waals surface area contributed by atoms with E-state index in [-0.39, 0.29) is 0 Å². The molecule has 0 radical (unpaired) electrons. The van der Waals surface area contributed by atoms with Crippen LogP contribution in [0.5, 0.6) is 0 Å². The number of aryl methyl sites for hydroxylation is 3. The average molecular weight is 333 g/mol. The van der Waals surface area contributed by atoms with Gasteiger partial charge in [0.25, 0.3) is 0 Å². The third kappa shape index (κ3) is 4.03. The van der Waals surface area contributed by atoms with Crippen molar-refractivity contribution < 1.29 is 9.57 Å². The zero-order chi connectivity index (χ0) is 17.7. The van der Waals surface area contributed by atoms with Crippen LogP contribution in [0.3, 0.4) is 0 Å². The molecular weight excluding hydrogens is 306 g/mol. The molecular formula is C17H27N5O2. The molecule has 0 bridgehead atoms. The van der Waals surface area contributed by atoms with Crippen molar-refractivity contribution in [3.8, 4) is 0 Å². The highest BCUT2D eigenvalue weighted by Gasteiger charge is 2.17. The van der Waals surface area contributed by atoms with Gasteiger partial charge in [0.1, 0.15) is 24.6 Å². The van der Waals surface area contributed by atoms with E-state index in [1.54, 1.807) is 0 Å². The summed E-state index contributed by atoms with van der Waals surface area (Å²) >= 11 is 0. The van der Waals surface area contributed by atoms with E-state index in [0.717, 1.165) is 46.8 Å². The van der Waals surface area contributed by atoms with Crippen LogP contribution in [-0.2, 0) is 22.7 Å². The van der Waals surface area contributed by atoms with Crippen molar-refractivity contribution in [2.45, 2.75) is 54.2 Å². The number of rotatable bonds is 8. The second kappa shape index (κ2) is 8.10. The molecule has 0 saturated carbocycles. The summed E-state index contributed by atoms with van der Waals surface area (Å²) in [7, 11) is 0. The standard InChI is InChI=1S/C17H27N5O2/c1-6-23-10-14-20-15-16(12(4)13(5)19-17(15)18)22(14)8-7-9-24-21-11(2)3/h6-10H2,1-5H3,(H2,18,19). The molecule has 24 heavy (non-hydrogen) atoms. The van der Waals surface area contributed by atoms with Crippen LogP contribution in [0.2, 0.25) is 0 Å². The summed E-state index contributed by atoms with van der Waals surface area (Å²) in [4.78, 5) is 14.3. The summed E-state index contributed by atoms with van der Waals surface area (Å²) in [5.74, 6) is 1.33. The maximum Gasteiger partial charge on any atom is 0.151 e. The maximum atomic E-state index is 6.08. The summed E-state index contributed by atoms with van der Waals surface area (Å²) in [6.07, 6.45) is 0.822. The van der Waals surface area contributed by atoms with Gasteiger partial charge in [-0.25, -0.2) is 9.97 Å². The average Bonchev–Trinajstić information content (AvgIpc) is 2.89. The highest BCUT2D eigenvalue weighted by molar-refractivity contribution is 5.88. The number of oxime groups is 1. The van der Waals surface area contributed by atoms with Gasteiger partial charge in [0.15, 0.2) is 5.82 Å². The summed E-state index contributed by atoms with van der Waals surface area (Å²) < 4.78 is 7.72. The molecule has 0 saturated heterocycles. The van der Waals surface area contributed by atoms with Crippen molar-refractivity contribution in [2.75, 3.05) is 18.9 Å². The van der Waals surface area contributed by atoms with Gasteiger partial charge in [-0.3, -0.25) is 0 Å². The van der Waals surface area contributed by atoms with Gasteiger partial charge in [-0.1, -0.05) is 5.16 Å². The number of hydrogen-bond acceptors (Lipinski definition) is 6. The Balaban J connectivity index is 2.31. The lowest BCUT2D eigenvalue weighted by molar-refractivity contribution is 0.122. The van der Waals surface area contributed by atoms with Gasteiger partial charge in [0.05, 0.1) is 11.2 Å². The third-order valence-corrected chi connectivity index (χ3v) is 3.78. The van der Waals surface area contributed by atoms with E-state index in [4.69, 9.17) is 15.3 Å². The van der Waals surface area contributed by atoms with E-state index >= 15 is 0 Å². The fourth-order valence-electron chi connectivity index (χ4n) is 2.55. The van der Waals surface area contributed by atoms with Crippen molar-refractivity contribution >= 4 is 22.6 Å². The molecule has 0 fully saturated rings. The summed E-state index contributed by atoms with van der Waals surface area (Å²) in [5, 5.41) is 3.96. The predicted molar refractivity (Wildman–Crippen MR) is 96.1 cm³/mol. The molecule has 7 nitrogen and oxygen atoms in total. The van der Waals surface area contributed by atoms with Gasteiger partial charge in [-0.15, -0.1) is 0 Å². The lowest BCUT2D eigenvalue weighted by Crippen LogP contribution is -2.09. The van der Waals surface area contributed by atoms with E-state index in [2.05, 4.69) is 19.7 Å². The number of pyridine rings is 1. The van der Waals surface area contributed by atoms with E-state index in [0.29, 0.717) is 25.6 Å². The Bertz CT molecular complexity index is 732. The Kier molecular flexibility index (Phi) is 6.14. The van der Waals surface area contributed by atoms with Gasteiger partial charge in [-0.05, 0) is 40.2 Å². The van der Waals surface area contributed by atoms with Crippen LogP contribution in [0, 0.1) is 13.8 Å². The van der Waals surface area contributed by atoms with Gasteiger partial charge in [0.2, 0.25) is 0 Å². The molecule has 2 rings (SSSR count). The highest BCUT2D eigenvalue weighted by Crippen LogP contribution is 2.26. The van der Waals surface area contributed by atoms with Gasteiger partial charge in [-0.2, -0.15) is 0 Å². The zero-order valence-electron chi connectivity index (χ0n) is 15.2. The summed E-state index contributed by atoms with van der Waals surface area (Å²) in [5.41, 5.74) is 10.8. The Labute approximate surface area is 142 Å². The predicted octanol–water partition coefficient (Wildman–Crippen LogP) is 2.97. The van der Waals surface area contributed by atoms with Crippen LogP contribution in [0.1, 0.15) is 44.3 Å². The van der Waals surface area contributed by atoms with Crippen LogP contribution in [0.4, 0.5) is 5.82 Å². The van der Waals surface area contributed by atoms with Crippen molar-refractivity contribution in [1.29, 1.82) is 0 Å². The van der Waals surface area contributed by atoms with Crippen LogP contribution in [-0.4, -0.2) is 33.5 Å². The minimum absolute atomic E-state index is 0.455. The second-order valence-electron chi connectivity index (χ2n) is 5.95. The van der Waals surface area contributed by atoms with Crippen molar-refractivity contribution in [3.05, 3.63) is 17.1 Å². The largest absolute Gasteiger partial charge is 0.396 e. The number of nitrogens with two attached hydrogens (primary N) is 1. The van der Waals surface area contributed by atoms with E-state index in [9.17, 15) is 0 Å². The minimum atomic E-state index is 0.455. The Morgan fingerprint density at radius 2 is 2.00 bits per heavy atom. The molecule has 0 aromatic carbocycles. The number of nitrogens with zero attached hydrogens (tertiary/aromatic N) is 4. The first-order valence-electron chi connectivity index (χ1n) is 8.28. The first kappa shape index (κ1) is 18.2. The fourth-order valence-corrected chi connectivity index (χ4v) is 2.55. The SMILES string of the molecule is CCOCc1nc2c(N)nc(C)c(C)c2n1CCCON=C(C)C. The number of imidazole rings is 1. The molecule has 0 atom stereocenters. The van der Waals surface area contributed by atoms with E-state index in [1.165, 1.54) is 0 Å². The lowest BCUT2D eigenvalue weighted by Gasteiger charge is -2.11. The zero-order valence-corrected chi connectivity index (χ0v) is 15.2. The number of nitrogen functional groups attached to an aromatic ring is 1. The first-order valence-corrected chi connectivity index (χ1v) is 8.28. The molecule has 2 aromatic heterocycles. The fraction of sp³-hybridized carbons (Fsp3) is 0.588. The highest BCUT2D eigenvalue weighted by atomic mass is 16.6. The van der Waals surface area contributed by atoms with Gasteiger partial charge < -0.3 is 19.9 Å². The molecule has 132 valence electrons. The summed E-state index contributed by atoms with van der Waals surface area (Å²) in [6, 6.07) is 0. The molecule has 0 aliphatic heterocycles.